The Balaban J connectivity index is 0.00000392. The molecule has 0 fully saturated rings. The van der Waals surface area contributed by atoms with Crippen LogP contribution in [0.15, 0.2) is 4.99 Å². The predicted octanol–water partition coefficient (Wildman–Crippen LogP) is 2.84. The van der Waals surface area contributed by atoms with Crippen LogP contribution in [0.5, 0.6) is 0 Å². The fourth-order valence-electron chi connectivity index (χ4n) is 3.70. The van der Waals surface area contributed by atoms with Gasteiger partial charge in [-0.25, -0.2) is 9.67 Å². The molecule has 1 aromatic rings. The fraction of sp³-hybridized carbons (Fsp3) is 0.850. The molecule has 0 radical (unpaired) electrons. The lowest BCUT2D eigenvalue weighted by atomic mass is 10.1. The Bertz CT molecular complexity index is 589. The standard InChI is InChI=1S/C20H39N7.HI/c1-7-18-24-19-11-10-17(14-27(19)25-18)23-20(21-8-2)22-12-9-13-26(15(3)4)16(5)6;/h15-17H,7-14H2,1-6H3,(H2,21,22,23);1H. The maximum absolute atomic E-state index is 4.80. The second kappa shape index (κ2) is 12.6. The summed E-state index contributed by atoms with van der Waals surface area (Å²) in [7, 11) is 0. The van der Waals surface area contributed by atoms with E-state index in [2.05, 4.69) is 71.8 Å². The van der Waals surface area contributed by atoms with Crippen molar-refractivity contribution in [3.63, 3.8) is 0 Å². The summed E-state index contributed by atoms with van der Waals surface area (Å²) >= 11 is 0. The van der Waals surface area contributed by atoms with Crippen LogP contribution in [0.3, 0.4) is 0 Å². The highest BCUT2D eigenvalue weighted by Crippen LogP contribution is 2.13. The second-order valence-electron chi connectivity index (χ2n) is 7.90. The number of rotatable bonds is 9. The molecule has 1 aliphatic rings. The van der Waals surface area contributed by atoms with Gasteiger partial charge in [-0.15, -0.1) is 24.0 Å². The van der Waals surface area contributed by atoms with Crippen LogP contribution >= 0.6 is 24.0 Å². The SMILES string of the molecule is CCNC(=NCCCN(C(C)C)C(C)C)NC1CCc2nc(CC)nn2C1.I. The van der Waals surface area contributed by atoms with E-state index in [0.717, 1.165) is 69.5 Å². The molecule has 162 valence electrons. The Kier molecular flexibility index (Phi) is 11.3. The van der Waals surface area contributed by atoms with Gasteiger partial charge in [-0.2, -0.15) is 5.10 Å². The molecule has 0 saturated carbocycles. The number of hydrogen-bond donors (Lipinski definition) is 2. The van der Waals surface area contributed by atoms with Crippen LogP contribution in [0.2, 0.25) is 0 Å². The summed E-state index contributed by atoms with van der Waals surface area (Å²) in [5, 5.41) is 11.6. The van der Waals surface area contributed by atoms with E-state index in [0.29, 0.717) is 18.1 Å². The molecule has 2 heterocycles. The normalized spacial score (nSPS) is 17.0. The number of fused-ring (bicyclic) bond motifs is 1. The summed E-state index contributed by atoms with van der Waals surface area (Å²) in [5.41, 5.74) is 0. The zero-order valence-electron chi connectivity index (χ0n) is 18.5. The summed E-state index contributed by atoms with van der Waals surface area (Å²) in [4.78, 5) is 11.9. The fourth-order valence-corrected chi connectivity index (χ4v) is 3.70. The maximum Gasteiger partial charge on any atom is 0.191 e. The van der Waals surface area contributed by atoms with Crippen LogP contribution in [-0.2, 0) is 19.4 Å². The highest BCUT2D eigenvalue weighted by molar-refractivity contribution is 14.0. The zero-order chi connectivity index (χ0) is 19.8. The first-order valence-corrected chi connectivity index (χ1v) is 10.7. The largest absolute Gasteiger partial charge is 0.357 e. The predicted molar refractivity (Wildman–Crippen MR) is 128 cm³/mol. The van der Waals surface area contributed by atoms with Crippen LogP contribution in [0.1, 0.15) is 66.0 Å². The van der Waals surface area contributed by atoms with Gasteiger partial charge < -0.3 is 10.6 Å². The van der Waals surface area contributed by atoms with Crippen molar-refractivity contribution in [2.75, 3.05) is 19.6 Å². The molecule has 0 bridgehead atoms. The van der Waals surface area contributed by atoms with Crippen LogP contribution in [0, 0.1) is 0 Å². The van der Waals surface area contributed by atoms with Gasteiger partial charge >= 0.3 is 0 Å². The molecule has 8 heteroatoms. The van der Waals surface area contributed by atoms with Crippen LogP contribution in [-0.4, -0.2) is 63.4 Å². The van der Waals surface area contributed by atoms with Gasteiger partial charge in [0.25, 0.3) is 0 Å². The molecule has 0 aromatic carbocycles. The summed E-state index contributed by atoms with van der Waals surface area (Å²) in [6.07, 6.45) is 4.01. The molecule has 0 spiro atoms. The Morgan fingerprint density at radius 2 is 1.96 bits per heavy atom. The molecule has 2 N–H and O–H groups in total. The lowest BCUT2D eigenvalue weighted by molar-refractivity contribution is 0.174. The number of nitrogens with one attached hydrogen (secondary N) is 2. The number of nitrogens with zero attached hydrogens (tertiary/aromatic N) is 5. The number of hydrogen-bond acceptors (Lipinski definition) is 4. The molecule has 28 heavy (non-hydrogen) atoms. The summed E-state index contributed by atoms with van der Waals surface area (Å²) < 4.78 is 2.06. The van der Waals surface area contributed by atoms with Gasteiger partial charge in [0.05, 0.1) is 6.54 Å². The van der Waals surface area contributed by atoms with E-state index in [9.17, 15) is 0 Å². The summed E-state index contributed by atoms with van der Waals surface area (Å²) in [6.45, 7) is 16.9. The second-order valence-corrected chi connectivity index (χ2v) is 7.90. The van der Waals surface area contributed by atoms with Gasteiger partial charge in [-0.1, -0.05) is 6.92 Å². The third-order valence-corrected chi connectivity index (χ3v) is 5.07. The molecule has 0 amide bonds. The first kappa shape index (κ1) is 25.1. The number of guanidine groups is 1. The number of aromatic nitrogens is 3. The lowest BCUT2D eigenvalue weighted by Gasteiger charge is -2.30. The first-order chi connectivity index (χ1) is 12.9. The van der Waals surface area contributed by atoms with Crippen molar-refractivity contribution < 1.29 is 0 Å². The number of aryl methyl sites for hydroxylation is 2. The van der Waals surface area contributed by atoms with E-state index in [1.54, 1.807) is 0 Å². The van der Waals surface area contributed by atoms with Crippen molar-refractivity contribution in [1.29, 1.82) is 0 Å². The van der Waals surface area contributed by atoms with Crippen molar-refractivity contribution in [1.82, 2.24) is 30.3 Å². The smallest absolute Gasteiger partial charge is 0.191 e. The average molecular weight is 505 g/mol. The Labute approximate surface area is 188 Å². The van der Waals surface area contributed by atoms with E-state index in [1.165, 1.54) is 0 Å². The summed E-state index contributed by atoms with van der Waals surface area (Å²) in [5.74, 6) is 2.99. The van der Waals surface area contributed by atoms with Gasteiger partial charge in [0.15, 0.2) is 11.8 Å². The Morgan fingerprint density at radius 3 is 2.57 bits per heavy atom. The van der Waals surface area contributed by atoms with E-state index in [1.807, 2.05) is 0 Å². The number of halogens is 1. The lowest BCUT2D eigenvalue weighted by Crippen LogP contribution is -2.47. The topological polar surface area (TPSA) is 70.4 Å². The first-order valence-electron chi connectivity index (χ1n) is 10.7. The van der Waals surface area contributed by atoms with Crippen molar-refractivity contribution >= 4 is 29.9 Å². The van der Waals surface area contributed by atoms with Gasteiger partial charge in [-0.05, 0) is 47.5 Å². The minimum absolute atomic E-state index is 0. The molecule has 1 unspecified atom stereocenters. The van der Waals surface area contributed by atoms with Crippen molar-refractivity contribution in [2.24, 2.45) is 4.99 Å². The van der Waals surface area contributed by atoms with E-state index in [4.69, 9.17) is 4.99 Å². The van der Waals surface area contributed by atoms with Crippen molar-refractivity contribution in [3.05, 3.63) is 11.6 Å². The van der Waals surface area contributed by atoms with Gasteiger partial charge in [0.2, 0.25) is 0 Å². The van der Waals surface area contributed by atoms with Crippen LogP contribution < -0.4 is 10.6 Å². The van der Waals surface area contributed by atoms with E-state index < -0.39 is 0 Å². The molecule has 1 atom stereocenters. The van der Waals surface area contributed by atoms with Gasteiger partial charge in [0, 0.05) is 50.6 Å². The van der Waals surface area contributed by atoms with Gasteiger partial charge in [0.1, 0.15) is 5.82 Å². The molecule has 1 aromatic heterocycles. The van der Waals surface area contributed by atoms with Crippen LogP contribution in [0.4, 0.5) is 0 Å². The Hall–Kier alpha value is -0.900. The van der Waals surface area contributed by atoms with Crippen molar-refractivity contribution in [3.8, 4) is 0 Å². The average Bonchev–Trinajstić information content (AvgIpc) is 3.03. The minimum Gasteiger partial charge on any atom is -0.357 e. The molecule has 2 rings (SSSR count). The zero-order valence-corrected chi connectivity index (χ0v) is 20.9. The van der Waals surface area contributed by atoms with Crippen LogP contribution in [0.25, 0.3) is 0 Å². The molecule has 0 aliphatic carbocycles. The monoisotopic (exact) mass is 505 g/mol. The quantitative estimate of drug-likeness (QED) is 0.234. The third-order valence-electron chi connectivity index (χ3n) is 5.07. The maximum atomic E-state index is 4.80. The molecule has 0 saturated heterocycles. The molecular weight excluding hydrogens is 465 g/mol. The molecular formula is C20H40IN7. The minimum atomic E-state index is 0. The highest BCUT2D eigenvalue weighted by atomic mass is 127. The summed E-state index contributed by atoms with van der Waals surface area (Å²) in [6, 6.07) is 1.50. The van der Waals surface area contributed by atoms with Crippen molar-refractivity contribution in [2.45, 2.75) is 91.9 Å². The van der Waals surface area contributed by atoms with E-state index in [-0.39, 0.29) is 24.0 Å². The third kappa shape index (κ3) is 7.50. The Morgan fingerprint density at radius 1 is 1.25 bits per heavy atom. The number of aliphatic imine (C=N–C) groups is 1. The van der Waals surface area contributed by atoms with E-state index >= 15 is 0 Å². The highest BCUT2D eigenvalue weighted by Gasteiger charge is 2.22. The molecule has 1 aliphatic heterocycles. The molecule has 7 nitrogen and oxygen atoms in total. The van der Waals surface area contributed by atoms with Gasteiger partial charge in [-0.3, -0.25) is 9.89 Å².